The van der Waals surface area contributed by atoms with Gasteiger partial charge in [0, 0.05) is 20.4 Å². The Morgan fingerprint density at radius 1 is 0.900 bits per heavy atom. The largest absolute Gasteiger partial charge is 0.635 e. The third-order valence-electron chi connectivity index (χ3n) is 0.932. The van der Waals surface area contributed by atoms with E-state index in [0.29, 0.717) is 12.5 Å². The zero-order valence-corrected chi connectivity index (χ0v) is 23.7. The van der Waals surface area contributed by atoms with Gasteiger partial charge in [0.05, 0.1) is 5.75 Å². The predicted octanol–water partition coefficient (Wildman–Crippen LogP) is 6.05. The fraction of sp³-hybridized carbons (Fsp3) is 0.562. The van der Waals surface area contributed by atoms with Crippen LogP contribution in [0.5, 0.6) is 5.75 Å². The molecule has 1 aromatic rings. The van der Waals surface area contributed by atoms with Crippen molar-refractivity contribution < 1.29 is 30.3 Å². The van der Waals surface area contributed by atoms with E-state index in [1.54, 1.807) is 12.1 Å². The van der Waals surface area contributed by atoms with E-state index in [0.717, 1.165) is 0 Å². The first-order valence-electron chi connectivity index (χ1n) is 7.02. The van der Waals surface area contributed by atoms with Gasteiger partial charge >= 0.3 is 0 Å². The smallest absolute Gasteiger partial charge is 0.0866 e. The van der Waals surface area contributed by atoms with Crippen molar-refractivity contribution in [3.63, 3.8) is 0 Å². The second kappa shape index (κ2) is 52.6. The van der Waals surface area contributed by atoms with Crippen molar-refractivity contribution in [2.45, 2.75) is 61.8 Å². The van der Waals surface area contributed by atoms with Gasteiger partial charge in [-0.1, -0.05) is 80.0 Å². The van der Waals surface area contributed by atoms with Gasteiger partial charge in [0.1, 0.15) is 0 Å². The van der Waals surface area contributed by atoms with Crippen molar-refractivity contribution in [1.82, 2.24) is 0 Å². The summed E-state index contributed by atoms with van der Waals surface area (Å²) in [7, 11) is 0. The van der Waals surface area contributed by atoms with Crippen LogP contribution in [-0.4, -0.2) is 5.11 Å². The first kappa shape index (κ1) is 36.3. The Balaban J connectivity index is -0.0000000386. The number of aliphatic hydroxyl groups is 1. The maximum absolute atomic E-state index is 8.17. The molecule has 0 bridgehead atoms. The van der Waals surface area contributed by atoms with E-state index in [-0.39, 0.29) is 20.4 Å². The summed E-state index contributed by atoms with van der Waals surface area (Å²) < 4.78 is 4.64. The summed E-state index contributed by atoms with van der Waals surface area (Å²) in [6.45, 7) is 16.9. The fourth-order valence-electron chi connectivity index (χ4n) is 0.560. The molecule has 0 heterocycles. The Morgan fingerprint density at radius 2 is 1.20 bits per heavy atom. The van der Waals surface area contributed by atoms with Gasteiger partial charge in [0.25, 0.3) is 0 Å². The number of aliphatic hydroxyl groups excluding tert-OH is 1. The molecule has 0 saturated carbocycles. The van der Waals surface area contributed by atoms with Crippen LogP contribution in [0.15, 0.2) is 30.3 Å². The average Bonchev–Trinajstić information content (AvgIpc) is 2.48. The summed E-state index contributed by atoms with van der Waals surface area (Å²) in [4.78, 5) is 0. The molecule has 0 unspecified atom stereocenters. The average molecular weight is 711 g/mol. The molecule has 0 amide bonds. The number of rotatable bonds is 2. The van der Waals surface area contributed by atoms with Crippen LogP contribution in [0.1, 0.15) is 61.8 Å². The molecule has 0 aromatic heterocycles. The molecule has 0 saturated heterocycles. The molecule has 1 aromatic carbocycles. The summed E-state index contributed by atoms with van der Waals surface area (Å²) in [6.07, 6.45) is 1.25. The van der Waals surface area contributed by atoms with Crippen LogP contribution in [0, 0.1) is 6.79 Å². The van der Waals surface area contributed by atoms with Gasteiger partial charge in [-0.05, 0) is 18.9 Å². The number of ether oxygens (including phenoxy) is 1. The second-order valence-corrected chi connectivity index (χ2v) is 2.24. The molecule has 0 aliphatic heterocycles. The monoisotopic (exact) mass is 711 g/mol. The predicted molar refractivity (Wildman–Crippen MR) is 83.3 cm³/mol. The number of hydrogen-bond acceptors (Lipinski definition) is 2. The summed E-state index contributed by atoms with van der Waals surface area (Å²) >= 11 is 0. The molecule has 20 heavy (non-hydrogen) atoms. The first-order chi connectivity index (χ1) is 8.85. The molecule has 0 aliphatic carbocycles. The van der Waals surface area contributed by atoms with Gasteiger partial charge in [0.2, 0.25) is 0 Å². The molecular formula is C16H33O2ReRf-. The third-order valence-corrected chi connectivity index (χ3v) is 0.932. The van der Waals surface area contributed by atoms with E-state index < -0.39 is 0 Å². The number of para-hydroxylation sites is 1. The van der Waals surface area contributed by atoms with Crippen molar-refractivity contribution in [2.75, 3.05) is 0 Å². The van der Waals surface area contributed by atoms with Gasteiger partial charge in [-0.25, -0.2) is 0 Å². The standard InChI is InChI=1S/C7H7O2.C3H8.3C2H6.Re.Rf/c8-6-9-7-4-2-1-3-5-7;1-3-2;3*1-2;;/h1-6,8H;3H2,1-2H3;3*1-2H3;;/q-1;;;;;;. The molecular weight excluding hydrogens is 677 g/mol. The SMILES string of the molecule is CC.CC.CC.CCC.O[CH-]Oc1ccccc1.[Re].[Rf]. The minimum Gasteiger partial charge on any atom is -0.635 e. The molecule has 0 aliphatic rings. The van der Waals surface area contributed by atoms with Crippen molar-refractivity contribution in [3.8, 4) is 5.75 Å². The van der Waals surface area contributed by atoms with E-state index in [1.807, 2.05) is 59.7 Å². The van der Waals surface area contributed by atoms with Crippen molar-refractivity contribution in [1.29, 1.82) is 0 Å². The molecule has 1 radical (unpaired) electrons. The van der Waals surface area contributed by atoms with E-state index >= 15 is 0 Å². The van der Waals surface area contributed by atoms with Crippen LogP contribution in [0.25, 0.3) is 0 Å². The summed E-state index contributed by atoms with van der Waals surface area (Å²) in [5, 5.41) is 8.17. The van der Waals surface area contributed by atoms with E-state index in [2.05, 4.69) is 18.6 Å². The Hall–Kier alpha value is -1.36. The third kappa shape index (κ3) is 43.8. The minimum absolute atomic E-state index is 0. The Bertz CT molecular complexity index is 185. The summed E-state index contributed by atoms with van der Waals surface area (Å²) in [5.41, 5.74) is 0. The van der Waals surface area contributed by atoms with E-state index in [1.165, 1.54) is 6.42 Å². The van der Waals surface area contributed by atoms with Gasteiger partial charge < -0.3 is 9.84 Å². The van der Waals surface area contributed by atoms with Crippen LogP contribution in [0.3, 0.4) is 0 Å². The second-order valence-electron chi connectivity index (χ2n) is 2.24. The topological polar surface area (TPSA) is 29.5 Å². The Kier molecular flexibility index (Phi) is 95.4. The van der Waals surface area contributed by atoms with Crippen molar-refractivity contribution in [2.24, 2.45) is 0 Å². The molecule has 0 fully saturated rings. The van der Waals surface area contributed by atoms with Crippen LogP contribution in [-0.2, 0) is 20.4 Å². The van der Waals surface area contributed by atoms with Crippen LogP contribution < -0.4 is 4.74 Å². The maximum Gasteiger partial charge on any atom is 0.0866 e. The van der Waals surface area contributed by atoms with Crippen LogP contribution >= 0.6 is 0 Å². The van der Waals surface area contributed by atoms with Gasteiger partial charge in [-0.3, -0.25) is 0 Å². The first-order valence-corrected chi connectivity index (χ1v) is 7.02. The van der Waals surface area contributed by atoms with Crippen LogP contribution in [0.2, 0.25) is 0 Å². The Morgan fingerprint density at radius 3 is 1.45 bits per heavy atom. The van der Waals surface area contributed by atoms with Crippen LogP contribution in [0.4, 0.5) is 0 Å². The zero-order chi connectivity index (χ0) is 15.2. The van der Waals surface area contributed by atoms with Gasteiger partial charge in [-0.15, -0.1) is 0 Å². The van der Waals surface area contributed by atoms with Crippen molar-refractivity contribution >= 4 is 0 Å². The van der Waals surface area contributed by atoms with Gasteiger partial charge in [0.15, 0.2) is 0 Å². The molecule has 1 rings (SSSR count). The minimum atomic E-state index is 0. The maximum atomic E-state index is 8.17. The fourth-order valence-corrected chi connectivity index (χ4v) is 0.560. The molecule has 0 spiro atoms. The van der Waals surface area contributed by atoms with Crippen molar-refractivity contribution in [3.05, 3.63) is 37.1 Å². The number of benzene rings is 1. The quantitative estimate of drug-likeness (QED) is 0.379. The Labute approximate surface area is 135 Å². The summed E-state index contributed by atoms with van der Waals surface area (Å²) in [6, 6.07) is 9.06. The molecule has 0 atom stereocenters. The molecule has 1 N–H and O–H groups in total. The number of hydrogen-bond donors (Lipinski definition) is 1. The van der Waals surface area contributed by atoms with E-state index in [4.69, 9.17) is 5.11 Å². The normalized spacial score (nSPS) is 5.85. The van der Waals surface area contributed by atoms with Gasteiger partial charge in [-0.2, -0.15) is 0 Å². The van der Waals surface area contributed by atoms with E-state index in [9.17, 15) is 0 Å². The molecule has 2 nitrogen and oxygen atoms in total. The molecule has 119 valence electrons. The molecule has 4 heteroatoms. The zero-order valence-electron chi connectivity index (χ0n) is 14.6. The summed E-state index contributed by atoms with van der Waals surface area (Å²) in [5.74, 6) is 0.639.